The summed E-state index contributed by atoms with van der Waals surface area (Å²) in [5, 5.41) is 19.3. The number of aromatic nitrogens is 6. The smallest absolute Gasteiger partial charge is 0.252 e. The van der Waals surface area contributed by atoms with Crippen LogP contribution in [0.1, 0.15) is 42.7 Å². The van der Waals surface area contributed by atoms with Crippen molar-refractivity contribution in [3.8, 4) is 0 Å². The second-order valence-electron chi connectivity index (χ2n) is 10.2. The van der Waals surface area contributed by atoms with Crippen LogP contribution in [0.5, 0.6) is 0 Å². The lowest BCUT2D eigenvalue weighted by atomic mass is 10.0. The zero-order valence-corrected chi connectivity index (χ0v) is 22.0. The highest BCUT2D eigenvalue weighted by molar-refractivity contribution is 5.96. The SMILES string of the molecule is Cc1ncc(C(=O)NCCN2CCCC2(C)C)cc1Nc1nn(C)c2cc(Nc3cnn(C)c3)ncc12. The van der Waals surface area contributed by atoms with Gasteiger partial charge in [-0.3, -0.25) is 24.0 Å². The van der Waals surface area contributed by atoms with E-state index in [4.69, 9.17) is 0 Å². The molecular weight excluding hydrogens is 468 g/mol. The van der Waals surface area contributed by atoms with Gasteiger partial charge in [-0.2, -0.15) is 10.2 Å². The molecule has 11 nitrogen and oxygen atoms in total. The minimum Gasteiger partial charge on any atom is -0.351 e. The lowest BCUT2D eigenvalue weighted by Gasteiger charge is -2.31. The van der Waals surface area contributed by atoms with Gasteiger partial charge < -0.3 is 16.0 Å². The molecule has 194 valence electrons. The Balaban J connectivity index is 1.29. The molecule has 0 aromatic carbocycles. The minimum absolute atomic E-state index is 0.133. The summed E-state index contributed by atoms with van der Waals surface area (Å²) in [6.07, 6.45) is 9.42. The number of pyridine rings is 2. The quantitative estimate of drug-likeness (QED) is 0.335. The molecule has 1 fully saturated rings. The number of aryl methyl sites for hydroxylation is 3. The van der Waals surface area contributed by atoms with Gasteiger partial charge in [-0.05, 0) is 46.2 Å². The van der Waals surface area contributed by atoms with Crippen molar-refractivity contribution in [2.45, 2.75) is 39.2 Å². The van der Waals surface area contributed by atoms with E-state index in [-0.39, 0.29) is 11.4 Å². The Morgan fingerprint density at radius 3 is 2.68 bits per heavy atom. The summed E-state index contributed by atoms with van der Waals surface area (Å²) in [6.45, 7) is 8.95. The maximum Gasteiger partial charge on any atom is 0.252 e. The summed E-state index contributed by atoms with van der Waals surface area (Å²) in [6, 6.07) is 3.76. The van der Waals surface area contributed by atoms with E-state index in [0.29, 0.717) is 23.7 Å². The first kappa shape index (κ1) is 24.7. The number of nitrogens with one attached hydrogen (secondary N) is 3. The van der Waals surface area contributed by atoms with Crippen LogP contribution in [0.4, 0.5) is 23.0 Å². The first-order valence-electron chi connectivity index (χ1n) is 12.5. The van der Waals surface area contributed by atoms with Crippen LogP contribution < -0.4 is 16.0 Å². The van der Waals surface area contributed by atoms with Gasteiger partial charge in [-0.15, -0.1) is 0 Å². The standard InChI is InChI=1S/C26H34N10O/c1-17-21(11-18(13-28-17)25(37)27-8-10-36-9-6-7-26(36,2)3)32-24-20-15-29-23(12-22(20)35(5)33-24)31-19-14-30-34(4)16-19/h11-16H,6-10H2,1-5H3,(H,27,37)(H,29,31)(H,32,33). The van der Waals surface area contributed by atoms with E-state index in [1.807, 2.05) is 39.3 Å². The molecule has 4 aromatic heterocycles. The Labute approximate surface area is 216 Å². The fraction of sp³-hybridized carbons (Fsp3) is 0.423. The zero-order valence-electron chi connectivity index (χ0n) is 22.0. The Kier molecular flexibility index (Phi) is 6.55. The Bertz CT molecular complexity index is 1440. The van der Waals surface area contributed by atoms with Gasteiger partial charge in [0.1, 0.15) is 5.82 Å². The van der Waals surface area contributed by atoms with Crippen LogP contribution in [0.3, 0.4) is 0 Å². The average molecular weight is 503 g/mol. The Hall–Kier alpha value is -3.99. The monoisotopic (exact) mass is 502 g/mol. The first-order valence-corrected chi connectivity index (χ1v) is 12.5. The fourth-order valence-electron chi connectivity index (χ4n) is 4.84. The molecule has 11 heteroatoms. The highest BCUT2D eigenvalue weighted by Crippen LogP contribution is 2.29. The van der Waals surface area contributed by atoms with Gasteiger partial charge in [0.15, 0.2) is 5.82 Å². The molecule has 5 heterocycles. The van der Waals surface area contributed by atoms with Crippen LogP contribution in [0, 0.1) is 6.92 Å². The van der Waals surface area contributed by atoms with Crippen molar-refractivity contribution in [1.82, 2.24) is 39.7 Å². The number of fused-ring (bicyclic) bond motifs is 1. The molecule has 0 unspecified atom stereocenters. The second-order valence-corrected chi connectivity index (χ2v) is 10.2. The number of carbonyl (C=O) groups excluding carboxylic acids is 1. The molecule has 0 aliphatic carbocycles. The number of amides is 1. The number of rotatable bonds is 8. The molecule has 0 spiro atoms. The molecule has 37 heavy (non-hydrogen) atoms. The lowest BCUT2D eigenvalue weighted by molar-refractivity contribution is 0.0940. The van der Waals surface area contributed by atoms with Crippen molar-refractivity contribution in [3.05, 3.63) is 48.2 Å². The van der Waals surface area contributed by atoms with Gasteiger partial charge in [0.2, 0.25) is 0 Å². The van der Waals surface area contributed by atoms with Crippen LogP contribution in [-0.2, 0) is 14.1 Å². The number of nitrogens with zero attached hydrogens (tertiary/aromatic N) is 7. The summed E-state index contributed by atoms with van der Waals surface area (Å²) in [5.74, 6) is 1.21. The highest BCUT2D eigenvalue weighted by atomic mass is 16.1. The molecule has 1 amide bonds. The fourth-order valence-corrected chi connectivity index (χ4v) is 4.84. The Morgan fingerprint density at radius 2 is 1.95 bits per heavy atom. The van der Waals surface area contributed by atoms with Gasteiger partial charge in [0.25, 0.3) is 5.91 Å². The number of hydrogen-bond acceptors (Lipinski definition) is 8. The van der Waals surface area contributed by atoms with E-state index in [0.717, 1.165) is 41.1 Å². The van der Waals surface area contributed by atoms with Crippen LogP contribution in [0.2, 0.25) is 0 Å². The molecule has 0 radical (unpaired) electrons. The molecule has 3 N–H and O–H groups in total. The third-order valence-corrected chi connectivity index (χ3v) is 7.06. The average Bonchev–Trinajstić information content (AvgIpc) is 3.52. The van der Waals surface area contributed by atoms with Crippen molar-refractivity contribution >= 4 is 39.8 Å². The second kappa shape index (κ2) is 9.81. The summed E-state index contributed by atoms with van der Waals surface area (Å²) in [4.78, 5) is 24.3. The van der Waals surface area contributed by atoms with Crippen molar-refractivity contribution in [2.24, 2.45) is 14.1 Å². The molecule has 1 saturated heterocycles. The van der Waals surface area contributed by atoms with E-state index >= 15 is 0 Å². The predicted molar refractivity (Wildman–Crippen MR) is 144 cm³/mol. The van der Waals surface area contributed by atoms with Crippen LogP contribution >= 0.6 is 0 Å². The van der Waals surface area contributed by atoms with Crippen LogP contribution in [0.25, 0.3) is 10.9 Å². The highest BCUT2D eigenvalue weighted by Gasteiger charge is 2.31. The maximum atomic E-state index is 12.9. The number of hydrogen-bond donors (Lipinski definition) is 3. The van der Waals surface area contributed by atoms with E-state index in [1.54, 1.807) is 28.0 Å². The molecule has 0 atom stereocenters. The summed E-state index contributed by atoms with van der Waals surface area (Å²) < 4.78 is 3.53. The molecule has 0 saturated carbocycles. The summed E-state index contributed by atoms with van der Waals surface area (Å²) in [7, 11) is 3.75. The van der Waals surface area contributed by atoms with Crippen LogP contribution in [0.15, 0.2) is 36.9 Å². The largest absolute Gasteiger partial charge is 0.351 e. The zero-order chi connectivity index (χ0) is 26.2. The molecule has 4 aromatic rings. The molecule has 5 rings (SSSR count). The van der Waals surface area contributed by atoms with E-state index in [1.165, 1.54) is 12.8 Å². The van der Waals surface area contributed by atoms with Crippen molar-refractivity contribution < 1.29 is 4.79 Å². The minimum atomic E-state index is -0.133. The number of anilines is 4. The van der Waals surface area contributed by atoms with Crippen molar-refractivity contribution in [2.75, 3.05) is 30.3 Å². The first-order chi connectivity index (χ1) is 17.7. The predicted octanol–water partition coefficient (Wildman–Crippen LogP) is 3.50. The maximum absolute atomic E-state index is 12.9. The van der Waals surface area contributed by atoms with Gasteiger partial charge >= 0.3 is 0 Å². The van der Waals surface area contributed by atoms with E-state index < -0.39 is 0 Å². The normalized spacial score (nSPS) is 15.3. The van der Waals surface area contributed by atoms with Gasteiger partial charge in [-0.1, -0.05) is 0 Å². The topological polar surface area (TPSA) is 118 Å². The molecule has 1 aliphatic rings. The van der Waals surface area contributed by atoms with Crippen molar-refractivity contribution in [1.29, 1.82) is 0 Å². The molecule has 1 aliphatic heterocycles. The molecular formula is C26H34N10O. The van der Waals surface area contributed by atoms with Gasteiger partial charge in [-0.25, -0.2) is 4.98 Å². The number of carbonyl (C=O) groups is 1. The van der Waals surface area contributed by atoms with E-state index in [9.17, 15) is 4.79 Å². The van der Waals surface area contributed by atoms with Crippen molar-refractivity contribution in [3.63, 3.8) is 0 Å². The summed E-state index contributed by atoms with van der Waals surface area (Å²) in [5.41, 5.74) is 3.98. The number of likely N-dealkylation sites (tertiary alicyclic amines) is 1. The third kappa shape index (κ3) is 5.26. The van der Waals surface area contributed by atoms with E-state index in [2.05, 4.69) is 54.9 Å². The van der Waals surface area contributed by atoms with Crippen LogP contribution in [-0.4, -0.2) is 65.5 Å². The van der Waals surface area contributed by atoms with Gasteiger partial charge in [0, 0.05) is 57.4 Å². The summed E-state index contributed by atoms with van der Waals surface area (Å²) >= 11 is 0. The Morgan fingerprint density at radius 1 is 1.11 bits per heavy atom. The lowest BCUT2D eigenvalue weighted by Crippen LogP contribution is -2.43. The van der Waals surface area contributed by atoms with Gasteiger partial charge in [0.05, 0.1) is 39.7 Å². The molecule has 0 bridgehead atoms. The third-order valence-electron chi connectivity index (χ3n) is 7.06.